The van der Waals surface area contributed by atoms with E-state index in [0.29, 0.717) is 0 Å². The zero-order valence-electron chi connectivity index (χ0n) is 16.1. The second-order valence-corrected chi connectivity index (χ2v) is 8.26. The molecule has 1 unspecified atom stereocenters. The van der Waals surface area contributed by atoms with Gasteiger partial charge in [0.25, 0.3) is 0 Å². The predicted molar refractivity (Wildman–Crippen MR) is 119 cm³/mol. The minimum Gasteiger partial charge on any atom is -0.457 e. The number of hydrogen-bond donors (Lipinski definition) is 1. The molecule has 0 saturated carbocycles. The molecule has 4 aromatic rings. The summed E-state index contributed by atoms with van der Waals surface area (Å²) >= 11 is 1.79. The van der Waals surface area contributed by atoms with E-state index in [2.05, 4.69) is 52.7 Å². The van der Waals surface area contributed by atoms with Crippen molar-refractivity contribution in [3.8, 4) is 11.5 Å². The molecule has 4 nitrogen and oxygen atoms in total. The zero-order valence-corrected chi connectivity index (χ0v) is 16.9. The molecule has 1 aliphatic heterocycles. The van der Waals surface area contributed by atoms with Crippen LogP contribution in [0, 0.1) is 0 Å². The second kappa shape index (κ2) is 8.33. The first kappa shape index (κ1) is 18.3. The molecule has 1 aromatic heterocycles. The number of para-hydroxylation sites is 2. The van der Waals surface area contributed by atoms with Crippen molar-refractivity contribution < 1.29 is 4.74 Å². The average Bonchev–Trinajstić information content (AvgIpc) is 3.19. The smallest absolute Gasteiger partial charge is 0.127 e. The van der Waals surface area contributed by atoms with Gasteiger partial charge >= 0.3 is 0 Å². The quantitative estimate of drug-likeness (QED) is 0.506. The van der Waals surface area contributed by atoms with Crippen molar-refractivity contribution in [1.82, 2.24) is 15.2 Å². The summed E-state index contributed by atoms with van der Waals surface area (Å²) in [7, 11) is 0. The maximum atomic E-state index is 6.10. The molecule has 2 heterocycles. The van der Waals surface area contributed by atoms with E-state index in [0.717, 1.165) is 48.2 Å². The normalized spacial score (nSPS) is 16.0. The number of hydrogen-bond acceptors (Lipinski definition) is 5. The number of piperazine rings is 1. The third-order valence-electron chi connectivity index (χ3n) is 5.21. The Bertz CT molecular complexity index is 1060. The monoisotopic (exact) mass is 401 g/mol. The number of rotatable bonds is 5. The van der Waals surface area contributed by atoms with Crippen LogP contribution in [0.15, 0.2) is 78.9 Å². The Kier molecular flexibility index (Phi) is 5.26. The Morgan fingerprint density at radius 1 is 0.862 bits per heavy atom. The highest BCUT2D eigenvalue weighted by atomic mass is 32.1. The topological polar surface area (TPSA) is 37.4 Å². The Morgan fingerprint density at radius 2 is 1.62 bits per heavy atom. The van der Waals surface area contributed by atoms with Crippen molar-refractivity contribution >= 4 is 21.6 Å². The van der Waals surface area contributed by atoms with Gasteiger partial charge < -0.3 is 10.1 Å². The summed E-state index contributed by atoms with van der Waals surface area (Å²) in [4.78, 5) is 7.52. The highest BCUT2D eigenvalue weighted by Crippen LogP contribution is 2.36. The molecule has 0 bridgehead atoms. The van der Waals surface area contributed by atoms with Crippen molar-refractivity contribution in [1.29, 1.82) is 0 Å². The van der Waals surface area contributed by atoms with Gasteiger partial charge in [0.05, 0.1) is 16.3 Å². The van der Waals surface area contributed by atoms with Crippen LogP contribution >= 0.6 is 11.3 Å². The summed E-state index contributed by atoms with van der Waals surface area (Å²) in [6.45, 7) is 4.01. The van der Waals surface area contributed by atoms with Crippen LogP contribution in [0.3, 0.4) is 0 Å². The van der Waals surface area contributed by atoms with Gasteiger partial charge in [-0.15, -0.1) is 11.3 Å². The van der Waals surface area contributed by atoms with Crippen molar-refractivity contribution in [2.75, 3.05) is 26.2 Å². The van der Waals surface area contributed by atoms with Gasteiger partial charge in [-0.3, -0.25) is 4.90 Å². The summed E-state index contributed by atoms with van der Waals surface area (Å²) < 4.78 is 7.34. The number of nitrogens with one attached hydrogen (secondary N) is 1. The zero-order chi connectivity index (χ0) is 19.5. The summed E-state index contributed by atoms with van der Waals surface area (Å²) in [5, 5.41) is 4.60. The van der Waals surface area contributed by atoms with Crippen LogP contribution in [-0.4, -0.2) is 36.1 Å². The molecule has 3 aromatic carbocycles. The van der Waals surface area contributed by atoms with Gasteiger partial charge in [0.1, 0.15) is 16.5 Å². The van der Waals surface area contributed by atoms with E-state index in [-0.39, 0.29) is 6.04 Å². The van der Waals surface area contributed by atoms with E-state index < -0.39 is 0 Å². The highest BCUT2D eigenvalue weighted by molar-refractivity contribution is 7.18. The highest BCUT2D eigenvalue weighted by Gasteiger charge is 2.27. The van der Waals surface area contributed by atoms with E-state index in [9.17, 15) is 0 Å². The van der Waals surface area contributed by atoms with Crippen molar-refractivity contribution in [2.45, 2.75) is 6.04 Å². The van der Waals surface area contributed by atoms with Crippen LogP contribution in [0.25, 0.3) is 10.2 Å². The van der Waals surface area contributed by atoms with E-state index in [1.54, 1.807) is 11.3 Å². The molecule has 1 fully saturated rings. The van der Waals surface area contributed by atoms with E-state index in [4.69, 9.17) is 9.72 Å². The lowest BCUT2D eigenvalue weighted by Crippen LogP contribution is -2.45. The maximum Gasteiger partial charge on any atom is 0.127 e. The number of fused-ring (bicyclic) bond motifs is 1. The molecule has 1 aliphatic rings. The molecule has 29 heavy (non-hydrogen) atoms. The average molecular weight is 402 g/mol. The number of aromatic nitrogens is 1. The SMILES string of the molecule is c1ccc(Oc2cccc(C(c3nc4ccccc4s3)N3CCNCC3)c2)cc1. The number of thiazole rings is 1. The van der Waals surface area contributed by atoms with Crippen molar-refractivity contribution in [2.24, 2.45) is 0 Å². The molecule has 146 valence electrons. The predicted octanol–water partition coefficient (Wildman–Crippen LogP) is 5.08. The third kappa shape index (κ3) is 4.03. The molecule has 1 saturated heterocycles. The van der Waals surface area contributed by atoms with Gasteiger partial charge in [-0.2, -0.15) is 0 Å². The van der Waals surface area contributed by atoms with Crippen LogP contribution < -0.4 is 10.1 Å². The molecule has 1 atom stereocenters. The molecule has 0 spiro atoms. The molecular weight excluding hydrogens is 378 g/mol. The summed E-state index contributed by atoms with van der Waals surface area (Å²) in [5.41, 5.74) is 2.30. The number of benzene rings is 3. The van der Waals surface area contributed by atoms with Crippen LogP contribution in [0.2, 0.25) is 0 Å². The number of ether oxygens (including phenoxy) is 1. The minimum atomic E-state index is 0.133. The van der Waals surface area contributed by atoms with Crippen molar-refractivity contribution in [3.63, 3.8) is 0 Å². The Morgan fingerprint density at radius 3 is 2.45 bits per heavy atom. The van der Waals surface area contributed by atoms with Gasteiger partial charge in [0.2, 0.25) is 0 Å². The van der Waals surface area contributed by atoms with Crippen LogP contribution in [0.4, 0.5) is 0 Å². The molecule has 0 aliphatic carbocycles. The summed E-state index contributed by atoms with van der Waals surface area (Å²) in [6.07, 6.45) is 0. The van der Waals surface area contributed by atoms with Gasteiger partial charge in [-0.1, -0.05) is 42.5 Å². The van der Waals surface area contributed by atoms with Gasteiger partial charge in [0.15, 0.2) is 0 Å². The lowest BCUT2D eigenvalue weighted by Gasteiger charge is -2.34. The van der Waals surface area contributed by atoms with E-state index in [1.165, 1.54) is 10.3 Å². The van der Waals surface area contributed by atoms with Gasteiger partial charge in [0, 0.05) is 26.2 Å². The lowest BCUT2D eigenvalue weighted by molar-refractivity contribution is 0.198. The Hall–Kier alpha value is -2.73. The first-order valence-corrected chi connectivity index (χ1v) is 10.8. The Labute approximate surface area is 174 Å². The standard InChI is InChI=1S/C24H23N3OS/c1-2-8-19(9-3-1)28-20-10-6-7-18(17-20)23(27-15-13-25-14-16-27)24-26-21-11-4-5-12-22(21)29-24/h1-12,17,23,25H,13-16H2. The summed E-state index contributed by atoms with van der Waals surface area (Å²) in [6, 6.07) is 26.9. The minimum absolute atomic E-state index is 0.133. The fraction of sp³-hybridized carbons (Fsp3) is 0.208. The van der Waals surface area contributed by atoms with Crippen LogP contribution in [0.1, 0.15) is 16.6 Å². The fourth-order valence-electron chi connectivity index (χ4n) is 3.83. The lowest BCUT2D eigenvalue weighted by atomic mass is 10.0. The van der Waals surface area contributed by atoms with E-state index >= 15 is 0 Å². The van der Waals surface area contributed by atoms with Crippen molar-refractivity contribution in [3.05, 3.63) is 89.4 Å². The largest absolute Gasteiger partial charge is 0.457 e. The van der Waals surface area contributed by atoms with Gasteiger partial charge in [-0.05, 0) is 42.0 Å². The third-order valence-corrected chi connectivity index (χ3v) is 6.30. The number of nitrogens with zero attached hydrogens (tertiary/aromatic N) is 2. The van der Waals surface area contributed by atoms with Crippen LogP contribution in [-0.2, 0) is 0 Å². The van der Waals surface area contributed by atoms with Gasteiger partial charge in [-0.25, -0.2) is 4.98 Å². The maximum absolute atomic E-state index is 6.10. The first-order chi connectivity index (χ1) is 14.4. The van der Waals surface area contributed by atoms with Crippen LogP contribution in [0.5, 0.6) is 11.5 Å². The molecule has 1 N–H and O–H groups in total. The summed E-state index contributed by atoms with van der Waals surface area (Å²) in [5.74, 6) is 1.71. The molecule has 5 rings (SSSR count). The fourth-order valence-corrected chi connectivity index (χ4v) is 4.96. The molecule has 0 radical (unpaired) electrons. The van der Waals surface area contributed by atoms with E-state index in [1.807, 2.05) is 36.4 Å². The Balaban J connectivity index is 1.53. The first-order valence-electron chi connectivity index (χ1n) is 10.00. The second-order valence-electron chi connectivity index (χ2n) is 7.20. The molecule has 5 heteroatoms. The molecule has 0 amide bonds. The molecular formula is C24H23N3OS.